The van der Waals surface area contributed by atoms with E-state index in [0.29, 0.717) is 5.92 Å². The highest BCUT2D eigenvalue weighted by molar-refractivity contribution is 5.85. The van der Waals surface area contributed by atoms with Crippen molar-refractivity contribution < 1.29 is 4.79 Å². The quantitative estimate of drug-likeness (QED) is 0.804. The molecular formula is C15H26N2O. The predicted octanol–water partition coefficient (Wildman–Crippen LogP) is 1.91. The largest absolute Gasteiger partial charge is 0.358 e. The van der Waals surface area contributed by atoms with Crippen LogP contribution in [0.4, 0.5) is 0 Å². The summed E-state index contributed by atoms with van der Waals surface area (Å²) in [6.45, 7) is 1.90. The Morgan fingerprint density at radius 1 is 1.17 bits per heavy atom. The lowest BCUT2D eigenvalue weighted by molar-refractivity contribution is -0.127. The third-order valence-corrected chi connectivity index (χ3v) is 5.83. The van der Waals surface area contributed by atoms with Crippen molar-refractivity contribution in [2.24, 2.45) is 35.3 Å². The van der Waals surface area contributed by atoms with E-state index in [2.05, 4.69) is 5.32 Å². The van der Waals surface area contributed by atoms with Crippen LogP contribution in [0.2, 0.25) is 0 Å². The first-order valence-corrected chi connectivity index (χ1v) is 7.50. The number of hydrogen-bond acceptors (Lipinski definition) is 2. The fourth-order valence-corrected chi connectivity index (χ4v) is 5.24. The van der Waals surface area contributed by atoms with Gasteiger partial charge in [0.2, 0.25) is 5.91 Å². The standard InChI is InChI=1S/C15H26N2O/c1-15(16,14(18)17-2)8-13-11-4-9-3-10(6-11)7-12(13)5-9/h9-13H,3-8,16H2,1-2H3,(H,17,18). The number of nitrogens with one attached hydrogen (secondary N) is 1. The molecule has 4 bridgehead atoms. The summed E-state index contributed by atoms with van der Waals surface area (Å²) in [4.78, 5) is 11.9. The van der Waals surface area contributed by atoms with Crippen LogP contribution in [-0.4, -0.2) is 18.5 Å². The van der Waals surface area contributed by atoms with Crippen LogP contribution in [0.5, 0.6) is 0 Å². The summed E-state index contributed by atoms with van der Waals surface area (Å²) in [5, 5.41) is 2.71. The van der Waals surface area contributed by atoms with Crippen molar-refractivity contribution in [3.05, 3.63) is 0 Å². The Kier molecular flexibility index (Phi) is 2.92. The molecule has 0 aromatic rings. The highest BCUT2D eigenvalue weighted by Gasteiger charge is 2.49. The van der Waals surface area contributed by atoms with Gasteiger partial charge in [0.25, 0.3) is 0 Å². The Labute approximate surface area is 110 Å². The molecule has 0 heterocycles. The fraction of sp³-hybridized carbons (Fsp3) is 0.933. The SMILES string of the molecule is CNC(=O)C(C)(N)CC1C2CC3CC(C2)CC1C3. The summed E-state index contributed by atoms with van der Waals surface area (Å²) in [7, 11) is 1.68. The number of nitrogens with two attached hydrogens (primary N) is 1. The molecule has 3 N–H and O–H groups in total. The van der Waals surface area contributed by atoms with Crippen LogP contribution in [0.25, 0.3) is 0 Å². The second kappa shape index (κ2) is 4.22. The molecule has 3 nitrogen and oxygen atoms in total. The van der Waals surface area contributed by atoms with E-state index >= 15 is 0 Å². The van der Waals surface area contributed by atoms with Crippen LogP contribution < -0.4 is 11.1 Å². The van der Waals surface area contributed by atoms with Gasteiger partial charge in [-0.15, -0.1) is 0 Å². The third-order valence-electron chi connectivity index (χ3n) is 5.83. The zero-order chi connectivity index (χ0) is 12.9. The maximum absolute atomic E-state index is 11.9. The minimum Gasteiger partial charge on any atom is -0.358 e. The van der Waals surface area contributed by atoms with E-state index in [1.807, 2.05) is 6.92 Å². The number of amides is 1. The number of likely N-dealkylation sites (N-methyl/N-ethyl adjacent to an activating group) is 1. The summed E-state index contributed by atoms with van der Waals surface area (Å²) in [6, 6.07) is 0. The lowest BCUT2D eigenvalue weighted by atomic mass is 9.50. The van der Waals surface area contributed by atoms with Gasteiger partial charge in [0.15, 0.2) is 0 Å². The first kappa shape index (κ1) is 12.5. The molecule has 1 amide bonds. The van der Waals surface area contributed by atoms with Crippen LogP contribution in [-0.2, 0) is 4.79 Å². The Bertz CT molecular complexity index is 322. The van der Waals surface area contributed by atoms with Crippen LogP contribution in [0.3, 0.4) is 0 Å². The van der Waals surface area contributed by atoms with E-state index in [1.165, 1.54) is 32.1 Å². The van der Waals surface area contributed by atoms with Gasteiger partial charge >= 0.3 is 0 Å². The summed E-state index contributed by atoms with van der Waals surface area (Å²) in [5.41, 5.74) is 5.55. The Balaban J connectivity index is 1.72. The molecule has 0 aromatic carbocycles. The molecule has 4 aliphatic carbocycles. The van der Waals surface area contributed by atoms with E-state index in [-0.39, 0.29) is 5.91 Å². The summed E-state index contributed by atoms with van der Waals surface area (Å²) >= 11 is 0. The molecule has 0 aromatic heterocycles. The normalized spacial score (nSPS) is 44.7. The van der Waals surface area contributed by atoms with Crippen molar-refractivity contribution in [1.29, 1.82) is 0 Å². The molecule has 0 saturated heterocycles. The first-order chi connectivity index (χ1) is 8.49. The van der Waals surface area contributed by atoms with Crippen molar-refractivity contribution in [2.75, 3.05) is 7.05 Å². The molecule has 4 saturated carbocycles. The second-order valence-electron chi connectivity index (χ2n) is 7.30. The number of carbonyl (C=O) groups excluding carboxylic acids is 1. The van der Waals surface area contributed by atoms with Crippen LogP contribution in [0.15, 0.2) is 0 Å². The van der Waals surface area contributed by atoms with Crippen LogP contribution in [0, 0.1) is 29.6 Å². The monoisotopic (exact) mass is 250 g/mol. The maximum atomic E-state index is 11.9. The minimum atomic E-state index is -0.686. The average molecular weight is 250 g/mol. The first-order valence-electron chi connectivity index (χ1n) is 7.50. The van der Waals surface area contributed by atoms with Gasteiger partial charge in [-0.25, -0.2) is 0 Å². The lowest BCUT2D eigenvalue weighted by Crippen LogP contribution is -2.55. The number of hydrogen-bond donors (Lipinski definition) is 2. The van der Waals surface area contributed by atoms with Gasteiger partial charge in [0, 0.05) is 7.05 Å². The maximum Gasteiger partial charge on any atom is 0.239 e. The zero-order valence-corrected chi connectivity index (χ0v) is 11.6. The molecule has 4 fully saturated rings. The van der Waals surface area contributed by atoms with Gasteiger partial charge in [0.1, 0.15) is 0 Å². The van der Waals surface area contributed by atoms with Gasteiger partial charge in [-0.2, -0.15) is 0 Å². The van der Waals surface area contributed by atoms with Gasteiger partial charge in [-0.05, 0) is 75.0 Å². The molecule has 4 rings (SSSR count). The smallest absolute Gasteiger partial charge is 0.239 e. The summed E-state index contributed by atoms with van der Waals surface area (Å²) in [6.07, 6.45) is 7.97. The van der Waals surface area contributed by atoms with Crippen molar-refractivity contribution in [3.63, 3.8) is 0 Å². The number of carbonyl (C=O) groups is 1. The summed E-state index contributed by atoms with van der Waals surface area (Å²) in [5.74, 6) is 4.39. The van der Waals surface area contributed by atoms with Gasteiger partial charge < -0.3 is 11.1 Å². The molecule has 4 aliphatic rings. The van der Waals surface area contributed by atoms with Crippen molar-refractivity contribution in [2.45, 2.75) is 51.0 Å². The Morgan fingerprint density at radius 2 is 1.67 bits per heavy atom. The highest BCUT2D eigenvalue weighted by atomic mass is 16.2. The third kappa shape index (κ3) is 1.97. The minimum absolute atomic E-state index is 0.00342. The molecular weight excluding hydrogens is 224 g/mol. The molecule has 18 heavy (non-hydrogen) atoms. The topological polar surface area (TPSA) is 55.1 Å². The average Bonchev–Trinajstić information content (AvgIpc) is 2.31. The molecule has 102 valence electrons. The molecule has 3 heteroatoms. The van der Waals surface area contributed by atoms with Gasteiger partial charge in [0.05, 0.1) is 5.54 Å². The Morgan fingerprint density at radius 3 is 2.11 bits per heavy atom. The summed E-state index contributed by atoms with van der Waals surface area (Å²) < 4.78 is 0. The van der Waals surface area contributed by atoms with Crippen molar-refractivity contribution in [1.82, 2.24) is 5.32 Å². The molecule has 1 unspecified atom stereocenters. The van der Waals surface area contributed by atoms with Crippen molar-refractivity contribution in [3.8, 4) is 0 Å². The number of rotatable bonds is 3. The van der Waals surface area contributed by atoms with E-state index in [4.69, 9.17) is 5.73 Å². The predicted molar refractivity (Wildman–Crippen MR) is 71.8 cm³/mol. The van der Waals surface area contributed by atoms with Crippen molar-refractivity contribution >= 4 is 5.91 Å². The van der Waals surface area contributed by atoms with Gasteiger partial charge in [-0.1, -0.05) is 0 Å². The Hall–Kier alpha value is -0.570. The van der Waals surface area contributed by atoms with Crippen LogP contribution in [0.1, 0.15) is 45.4 Å². The zero-order valence-electron chi connectivity index (χ0n) is 11.6. The van der Waals surface area contributed by atoms with Crippen LogP contribution >= 0.6 is 0 Å². The van der Waals surface area contributed by atoms with E-state index in [1.54, 1.807) is 7.05 Å². The van der Waals surface area contributed by atoms with E-state index < -0.39 is 5.54 Å². The molecule has 0 aliphatic heterocycles. The molecule has 0 radical (unpaired) electrons. The highest BCUT2D eigenvalue weighted by Crippen LogP contribution is 2.57. The fourth-order valence-electron chi connectivity index (χ4n) is 5.24. The van der Waals surface area contributed by atoms with Gasteiger partial charge in [-0.3, -0.25) is 4.79 Å². The molecule has 0 spiro atoms. The lowest BCUT2D eigenvalue weighted by Gasteiger charge is -2.55. The van der Waals surface area contributed by atoms with E-state index in [0.717, 1.165) is 30.1 Å². The molecule has 1 atom stereocenters. The van der Waals surface area contributed by atoms with E-state index in [9.17, 15) is 4.79 Å². The second-order valence-corrected chi connectivity index (χ2v) is 7.30.